The zero-order valence-corrected chi connectivity index (χ0v) is 8.90. The minimum absolute atomic E-state index is 0. The van der Waals surface area contributed by atoms with Crippen molar-refractivity contribution in [2.45, 2.75) is 13.8 Å². The summed E-state index contributed by atoms with van der Waals surface area (Å²) < 4.78 is 0. The molecule has 0 radical (unpaired) electrons. The Bertz CT molecular complexity index is 231. The van der Waals surface area contributed by atoms with Gasteiger partial charge in [-0.1, -0.05) is 12.1 Å². The Hall–Kier alpha value is -0.485. The highest BCUT2D eigenvalue weighted by atomic mass is 31.0. The summed E-state index contributed by atoms with van der Waals surface area (Å²) >= 11 is 0. The van der Waals surface area contributed by atoms with Gasteiger partial charge < -0.3 is 4.90 Å². The molecular formula is C10H19BNP. The van der Waals surface area contributed by atoms with E-state index in [0.717, 1.165) is 13.1 Å². The molecule has 1 aromatic carbocycles. The fraction of sp³-hybridized carbons (Fsp3) is 0.400. The van der Waals surface area contributed by atoms with Crippen LogP contribution in [0.25, 0.3) is 0 Å². The normalized spacial score (nSPS) is 9.15. The lowest BCUT2D eigenvalue weighted by Crippen LogP contribution is -2.21. The van der Waals surface area contributed by atoms with Crippen molar-refractivity contribution in [3.63, 3.8) is 0 Å². The summed E-state index contributed by atoms with van der Waals surface area (Å²) in [6, 6.07) is 8.57. The van der Waals surface area contributed by atoms with Crippen LogP contribution in [0, 0.1) is 0 Å². The Balaban J connectivity index is 0.00000144. The molecule has 1 atom stereocenters. The molecule has 72 valence electrons. The average Bonchev–Trinajstić information content (AvgIpc) is 2.10. The first-order valence-electron chi connectivity index (χ1n) is 4.38. The maximum atomic E-state index is 2.70. The molecule has 0 saturated carbocycles. The fourth-order valence-electron chi connectivity index (χ4n) is 1.27. The molecule has 0 aliphatic heterocycles. The highest BCUT2D eigenvalue weighted by molar-refractivity contribution is 7.27. The summed E-state index contributed by atoms with van der Waals surface area (Å²) in [4.78, 5) is 2.34. The van der Waals surface area contributed by atoms with E-state index in [1.54, 1.807) is 0 Å². The highest BCUT2D eigenvalue weighted by Crippen LogP contribution is 2.11. The van der Waals surface area contributed by atoms with Crippen LogP contribution < -0.4 is 10.2 Å². The van der Waals surface area contributed by atoms with Crippen LogP contribution in [0.2, 0.25) is 0 Å². The van der Waals surface area contributed by atoms with E-state index in [2.05, 4.69) is 52.3 Å². The maximum Gasteiger partial charge on any atom is 0.0814 e. The van der Waals surface area contributed by atoms with Crippen LogP contribution in [0.4, 0.5) is 5.69 Å². The van der Waals surface area contributed by atoms with Gasteiger partial charge in [-0.05, 0) is 31.3 Å². The molecule has 0 aliphatic carbocycles. The van der Waals surface area contributed by atoms with Gasteiger partial charge in [0.2, 0.25) is 0 Å². The number of hydrogen-bond donors (Lipinski definition) is 0. The van der Waals surface area contributed by atoms with E-state index < -0.39 is 0 Å². The number of nitrogens with zero attached hydrogens (tertiary/aromatic N) is 1. The Morgan fingerprint density at radius 2 is 1.54 bits per heavy atom. The van der Waals surface area contributed by atoms with Crippen molar-refractivity contribution in [1.82, 2.24) is 0 Å². The van der Waals surface area contributed by atoms with Crippen molar-refractivity contribution in [2.24, 2.45) is 0 Å². The van der Waals surface area contributed by atoms with Crippen LogP contribution >= 0.6 is 9.24 Å². The van der Waals surface area contributed by atoms with E-state index in [1.807, 2.05) is 0 Å². The maximum absolute atomic E-state index is 2.70. The zero-order valence-electron chi connectivity index (χ0n) is 7.75. The van der Waals surface area contributed by atoms with Crippen LogP contribution in [0.5, 0.6) is 0 Å². The van der Waals surface area contributed by atoms with Gasteiger partial charge >= 0.3 is 0 Å². The second-order valence-corrected chi connectivity index (χ2v) is 3.43. The van der Waals surface area contributed by atoms with Gasteiger partial charge in [-0.25, -0.2) is 0 Å². The average molecular weight is 195 g/mol. The molecule has 0 amide bonds. The van der Waals surface area contributed by atoms with Crippen LogP contribution in [-0.4, -0.2) is 21.5 Å². The monoisotopic (exact) mass is 195 g/mol. The molecule has 1 unspecified atom stereocenters. The molecule has 1 rings (SSSR count). The Labute approximate surface area is 85.3 Å². The van der Waals surface area contributed by atoms with Crippen molar-refractivity contribution < 1.29 is 0 Å². The topological polar surface area (TPSA) is 3.24 Å². The van der Waals surface area contributed by atoms with E-state index in [-0.39, 0.29) is 8.41 Å². The SMILES string of the molecule is B.CCN(CC)c1ccc(P)cc1. The van der Waals surface area contributed by atoms with Gasteiger partial charge in [0.25, 0.3) is 0 Å². The lowest BCUT2D eigenvalue weighted by molar-refractivity contribution is 0.866. The quantitative estimate of drug-likeness (QED) is 0.510. The van der Waals surface area contributed by atoms with Crippen molar-refractivity contribution in [3.8, 4) is 0 Å². The summed E-state index contributed by atoms with van der Waals surface area (Å²) in [6.07, 6.45) is 0. The molecule has 0 fully saturated rings. The number of hydrogen-bond acceptors (Lipinski definition) is 1. The summed E-state index contributed by atoms with van der Waals surface area (Å²) in [7, 11) is 2.70. The van der Waals surface area contributed by atoms with E-state index in [0.29, 0.717) is 0 Å². The molecule has 3 heteroatoms. The van der Waals surface area contributed by atoms with E-state index in [9.17, 15) is 0 Å². The lowest BCUT2D eigenvalue weighted by Gasteiger charge is -2.20. The molecule has 13 heavy (non-hydrogen) atoms. The Kier molecular flexibility index (Phi) is 5.82. The van der Waals surface area contributed by atoms with Crippen molar-refractivity contribution >= 4 is 28.6 Å². The predicted molar refractivity (Wildman–Crippen MR) is 69.3 cm³/mol. The molecule has 0 saturated heterocycles. The second-order valence-electron chi connectivity index (χ2n) is 2.76. The number of rotatable bonds is 3. The van der Waals surface area contributed by atoms with E-state index in [4.69, 9.17) is 0 Å². The largest absolute Gasteiger partial charge is 0.372 e. The van der Waals surface area contributed by atoms with Gasteiger partial charge in [0.15, 0.2) is 0 Å². The van der Waals surface area contributed by atoms with Crippen LogP contribution in [0.15, 0.2) is 24.3 Å². The Morgan fingerprint density at radius 1 is 1.08 bits per heavy atom. The summed E-state index contributed by atoms with van der Waals surface area (Å²) in [5.41, 5.74) is 1.31. The van der Waals surface area contributed by atoms with Gasteiger partial charge in [-0.3, -0.25) is 0 Å². The minimum Gasteiger partial charge on any atom is -0.372 e. The Morgan fingerprint density at radius 3 is 1.92 bits per heavy atom. The fourth-order valence-corrected chi connectivity index (χ4v) is 1.47. The van der Waals surface area contributed by atoms with Gasteiger partial charge in [0, 0.05) is 18.8 Å². The third kappa shape index (κ3) is 3.40. The smallest absolute Gasteiger partial charge is 0.0814 e. The molecule has 0 spiro atoms. The number of benzene rings is 1. The van der Waals surface area contributed by atoms with Crippen LogP contribution in [0.1, 0.15) is 13.8 Å². The molecule has 0 bridgehead atoms. The van der Waals surface area contributed by atoms with Crippen molar-refractivity contribution in [2.75, 3.05) is 18.0 Å². The van der Waals surface area contributed by atoms with Crippen LogP contribution in [0.3, 0.4) is 0 Å². The van der Waals surface area contributed by atoms with Crippen molar-refractivity contribution in [1.29, 1.82) is 0 Å². The first-order chi connectivity index (χ1) is 5.77. The van der Waals surface area contributed by atoms with Crippen molar-refractivity contribution in [3.05, 3.63) is 24.3 Å². The van der Waals surface area contributed by atoms with Crippen LogP contribution in [-0.2, 0) is 0 Å². The molecule has 0 aliphatic rings. The van der Waals surface area contributed by atoms with Gasteiger partial charge in [0.05, 0.1) is 8.41 Å². The molecule has 1 aromatic rings. The molecule has 0 heterocycles. The van der Waals surface area contributed by atoms with Gasteiger partial charge in [-0.2, -0.15) is 0 Å². The first-order valence-corrected chi connectivity index (χ1v) is 4.96. The predicted octanol–water partition coefficient (Wildman–Crippen LogP) is 0.849. The first kappa shape index (κ1) is 12.5. The second kappa shape index (κ2) is 6.04. The standard InChI is InChI=1S/C10H16NP.BH3/c1-3-11(4-2)9-5-7-10(12)8-6-9;/h5-8H,3-4,12H2,1-2H3;1H3. The summed E-state index contributed by atoms with van der Waals surface area (Å²) in [5, 5.41) is 1.24. The third-order valence-corrected chi connectivity index (χ3v) is 2.41. The van der Waals surface area contributed by atoms with Gasteiger partial charge in [0.1, 0.15) is 0 Å². The minimum atomic E-state index is 0. The zero-order chi connectivity index (χ0) is 8.97. The third-order valence-electron chi connectivity index (χ3n) is 2.02. The highest BCUT2D eigenvalue weighted by Gasteiger charge is 1.98. The molecule has 0 N–H and O–H groups in total. The summed E-state index contributed by atoms with van der Waals surface area (Å²) in [6.45, 7) is 6.51. The molecular weight excluding hydrogens is 176 g/mol. The van der Waals surface area contributed by atoms with E-state index in [1.165, 1.54) is 11.0 Å². The summed E-state index contributed by atoms with van der Waals surface area (Å²) in [5.74, 6) is 0. The van der Waals surface area contributed by atoms with Gasteiger partial charge in [-0.15, -0.1) is 9.24 Å². The number of anilines is 1. The lowest BCUT2D eigenvalue weighted by atomic mass is 10.3. The molecule has 0 aromatic heterocycles. The molecule has 1 nitrogen and oxygen atoms in total. The van der Waals surface area contributed by atoms with E-state index >= 15 is 0 Å².